The van der Waals surface area contributed by atoms with E-state index in [-0.39, 0.29) is 11.5 Å². The Morgan fingerprint density at radius 1 is 1.38 bits per heavy atom. The molecular weight excluding hydrogens is 328 g/mol. The van der Waals surface area contributed by atoms with Gasteiger partial charge in [-0.2, -0.15) is 5.26 Å². The number of benzene rings is 1. The maximum atomic E-state index is 12.3. The Bertz CT molecular complexity index is 655. The van der Waals surface area contributed by atoms with Gasteiger partial charge >= 0.3 is 0 Å². The summed E-state index contributed by atoms with van der Waals surface area (Å²) in [7, 11) is 5.69. The first-order valence-electron chi connectivity index (χ1n) is 8.97. The van der Waals surface area contributed by atoms with Crippen molar-refractivity contribution < 1.29 is 9.53 Å². The largest absolute Gasteiger partial charge is 0.497 e. The van der Waals surface area contributed by atoms with Crippen LogP contribution in [0, 0.1) is 11.3 Å². The number of carbonyl (C=O) groups is 1. The first kappa shape index (κ1) is 19.8. The van der Waals surface area contributed by atoms with E-state index in [9.17, 15) is 10.1 Å². The first-order chi connectivity index (χ1) is 12.5. The normalized spacial score (nSPS) is 16.0. The van der Waals surface area contributed by atoms with Gasteiger partial charge in [-0.1, -0.05) is 12.1 Å². The Hall–Kier alpha value is -2.52. The van der Waals surface area contributed by atoms with Crippen molar-refractivity contribution in [3.63, 3.8) is 0 Å². The minimum absolute atomic E-state index is 0.154. The van der Waals surface area contributed by atoms with Gasteiger partial charge in [0.1, 0.15) is 17.4 Å². The molecule has 0 aliphatic carbocycles. The Labute approximate surface area is 156 Å². The van der Waals surface area contributed by atoms with Crippen LogP contribution in [0.3, 0.4) is 0 Å². The molecule has 0 atom stereocenters. The molecular formula is C20H28N4O2. The van der Waals surface area contributed by atoms with E-state index >= 15 is 0 Å². The summed E-state index contributed by atoms with van der Waals surface area (Å²) in [5, 5.41) is 12.2. The van der Waals surface area contributed by atoms with E-state index in [1.807, 2.05) is 42.3 Å². The van der Waals surface area contributed by atoms with Crippen molar-refractivity contribution in [3.8, 4) is 11.8 Å². The summed E-state index contributed by atoms with van der Waals surface area (Å²) in [5.41, 5.74) is 1.26. The minimum atomic E-state index is -0.319. The number of methoxy groups -OCH3 is 1. The summed E-state index contributed by atoms with van der Waals surface area (Å²) < 4.78 is 5.13. The average molecular weight is 356 g/mol. The number of piperidine rings is 1. The van der Waals surface area contributed by atoms with Crippen LogP contribution in [-0.2, 0) is 11.2 Å². The van der Waals surface area contributed by atoms with Gasteiger partial charge in [0.25, 0.3) is 5.91 Å². The van der Waals surface area contributed by atoms with Crippen LogP contribution in [0.15, 0.2) is 36.0 Å². The monoisotopic (exact) mass is 356 g/mol. The lowest BCUT2D eigenvalue weighted by atomic mass is 10.0. The Morgan fingerprint density at radius 3 is 2.62 bits per heavy atom. The highest BCUT2D eigenvalue weighted by atomic mass is 16.5. The predicted octanol–water partition coefficient (Wildman–Crippen LogP) is 1.79. The van der Waals surface area contributed by atoms with E-state index in [0.717, 1.165) is 37.2 Å². The number of nitrogens with zero attached hydrogens (tertiary/aromatic N) is 3. The fourth-order valence-electron chi connectivity index (χ4n) is 3.06. The number of amides is 1. The van der Waals surface area contributed by atoms with Crippen molar-refractivity contribution in [1.82, 2.24) is 15.1 Å². The molecule has 1 heterocycles. The van der Waals surface area contributed by atoms with Gasteiger partial charge in [-0.3, -0.25) is 4.79 Å². The molecule has 0 bridgehead atoms. The van der Waals surface area contributed by atoms with Gasteiger partial charge in [-0.25, -0.2) is 0 Å². The number of nitriles is 1. The van der Waals surface area contributed by atoms with E-state index in [1.54, 1.807) is 13.3 Å². The Kier molecular flexibility index (Phi) is 7.49. The van der Waals surface area contributed by atoms with Crippen molar-refractivity contribution in [2.45, 2.75) is 25.3 Å². The fourth-order valence-corrected chi connectivity index (χ4v) is 3.06. The fraction of sp³-hybridized carbons (Fsp3) is 0.500. The van der Waals surface area contributed by atoms with Gasteiger partial charge < -0.3 is 19.9 Å². The van der Waals surface area contributed by atoms with Crippen LogP contribution >= 0.6 is 0 Å². The zero-order valence-electron chi connectivity index (χ0n) is 15.9. The molecule has 6 heteroatoms. The number of ether oxygens (including phenoxy) is 1. The van der Waals surface area contributed by atoms with E-state index < -0.39 is 0 Å². The van der Waals surface area contributed by atoms with Crippen LogP contribution in [0.4, 0.5) is 0 Å². The van der Waals surface area contributed by atoms with Crippen LogP contribution in [-0.4, -0.2) is 62.6 Å². The van der Waals surface area contributed by atoms with Crippen LogP contribution in [0.1, 0.15) is 18.4 Å². The number of hydrogen-bond acceptors (Lipinski definition) is 5. The topological polar surface area (TPSA) is 68.6 Å². The van der Waals surface area contributed by atoms with Crippen molar-refractivity contribution in [2.75, 3.05) is 40.8 Å². The van der Waals surface area contributed by atoms with Crippen molar-refractivity contribution in [1.29, 1.82) is 5.26 Å². The minimum Gasteiger partial charge on any atom is -0.497 e. The second-order valence-electron chi connectivity index (χ2n) is 6.71. The Balaban J connectivity index is 1.84. The lowest BCUT2D eigenvalue weighted by Crippen LogP contribution is -2.40. The summed E-state index contributed by atoms with van der Waals surface area (Å²) in [6, 6.07) is 10.1. The smallest absolute Gasteiger partial charge is 0.263 e. The third-order valence-corrected chi connectivity index (χ3v) is 4.82. The number of hydrogen-bond donors (Lipinski definition) is 1. The van der Waals surface area contributed by atoms with Gasteiger partial charge in [0.2, 0.25) is 0 Å². The third kappa shape index (κ3) is 5.78. The molecule has 1 saturated heterocycles. The zero-order valence-corrected chi connectivity index (χ0v) is 15.9. The van der Waals surface area contributed by atoms with Gasteiger partial charge in [-0.15, -0.1) is 0 Å². The van der Waals surface area contributed by atoms with Gasteiger partial charge in [0.15, 0.2) is 0 Å². The summed E-state index contributed by atoms with van der Waals surface area (Å²) in [6.45, 7) is 2.57. The standard InChI is InChI=1S/C20H28N4O2/c1-23-12-9-18(10-13-23)24(2)15-17(14-21)20(25)22-11-8-16-4-6-19(26-3)7-5-16/h4-7,15,18H,8-13H2,1-3H3,(H,22,25)/b17-15-. The maximum absolute atomic E-state index is 12.3. The number of rotatable bonds is 7. The SMILES string of the molecule is COc1ccc(CCNC(=O)/C(C#N)=C\N(C)C2CCN(C)CC2)cc1. The molecule has 2 rings (SSSR count). The lowest BCUT2D eigenvalue weighted by Gasteiger charge is -2.34. The molecule has 0 saturated carbocycles. The number of carbonyl (C=O) groups excluding carboxylic acids is 1. The second-order valence-corrected chi connectivity index (χ2v) is 6.71. The van der Waals surface area contributed by atoms with Crippen molar-refractivity contribution in [3.05, 3.63) is 41.6 Å². The highest BCUT2D eigenvalue weighted by molar-refractivity contribution is 5.97. The van der Waals surface area contributed by atoms with E-state index in [4.69, 9.17) is 4.74 Å². The molecule has 1 fully saturated rings. The van der Waals surface area contributed by atoms with Gasteiger partial charge in [0.05, 0.1) is 7.11 Å². The summed E-state index contributed by atoms with van der Waals surface area (Å²) in [6.07, 6.45) is 4.47. The van der Waals surface area contributed by atoms with E-state index in [0.29, 0.717) is 19.0 Å². The molecule has 140 valence electrons. The molecule has 0 unspecified atom stereocenters. The number of likely N-dealkylation sites (tertiary alicyclic amines) is 1. The van der Waals surface area contributed by atoms with Crippen LogP contribution < -0.4 is 10.1 Å². The van der Waals surface area contributed by atoms with Crippen molar-refractivity contribution >= 4 is 5.91 Å². The summed E-state index contributed by atoms with van der Waals surface area (Å²) in [4.78, 5) is 16.6. The molecule has 0 aromatic heterocycles. The molecule has 1 aliphatic rings. The van der Waals surface area contributed by atoms with E-state index in [2.05, 4.69) is 17.3 Å². The van der Waals surface area contributed by atoms with Gasteiger partial charge in [0, 0.05) is 25.8 Å². The van der Waals surface area contributed by atoms with Crippen LogP contribution in [0.5, 0.6) is 5.75 Å². The first-order valence-corrected chi connectivity index (χ1v) is 8.97. The summed E-state index contributed by atoms with van der Waals surface area (Å²) in [5.74, 6) is 0.491. The Morgan fingerprint density at radius 2 is 2.04 bits per heavy atom. The lowest BCUT2D eigenvalue weighted by molar-refractivity contribution is -0.117. The second kappa shape index (κ2) is 9.83. The highest BCUT2D eigenvalue weighted by Crippen LogP contribution is 2.15. The van der Waals surface area contributed by atoms with Gasteiger partial charge in [-0.05, 0) is 57.1 Å². The molecule has 1 aromatic rings. The molecule has 1 N–H and O–H groups in total. The third-order valence-electron chi connectivity index (χ3n) is 4.82. The van der Waals surface area contributed by atoms with Crippen LogP contribution in [0.25, 0.3) is 0 Å². The van der Waals surface area contributed by atoms with Crippen LogP contribution in [0.2, 0.25) is 0 Å². The number of nitrogens with one attached hydrogen (secondary N) is 1. The molecule has 1 amide bonds. The average Bonchev–Trinajstić information content (AvgIpc) is 2.66. The molecule has 1 aromatic carbocycles. The molecule has 6 nitrogen and oxygen atoms in total. The molecule has 0 radical (unpaired) electrons. The maximum Gasteiger partial charge on any atom is 0.263 e. The molecule has 1 aliphatic heterocycles. The highest BCUT2D eigenvalue weighted by Gasteiger charge is 2.20. The predicted molar refractivity (Wildman–Crippen MR) is 102 cm³/mol. The quantitative estimate of drug-likeness (QED) is 0.596. The van der Waals surface area contributed by atoms with Crippen molar-refractivity contribution in [2.24, 2.45) is 0 Å². The van der Waals surface area contributed by atoms with E-state index in [1.165, 1.54) is 0 Å². The molecule has 0 spiro atoms. The zero-order chi connectivity index (χ0) is 18.9. The summed E-state index contributed by atoms with van der Waals surface area (Å²) >= 11 is 0. The molecule has 26 heavy (non-hydrogen) atoms.